The molecule has 0 aromatic rings. The molecule has 0 saturated carbocycles. The molecule has 1 heteroatoms. The molecule has 0 heterocycles. The fourth-order valence-corrected chi connectivity index (χ4v) is 2.04. The van der Waals surface area contributed by atoms with Crippen LogP contribution in [0.4, 0.5) is 0 Å². The van der Waals surface area contributed by atoms with Crippen molar-refractivity contribution in [1.82, 2.24) is 0 Å². The molecule has 104 valence electrons. The number of carbonyl (C=O) groups excluding carboxylic acids is 1. The van der Waals surface area contributed by atoms with Gasteiger partial charge in [0.15, 0.2) is 5.78 Å². The first-order valence-corrected chi connectivity index (χ1v) is 7.37. The van der Waals surface area contributed by atoms with Gasteiger partial charge in [0.05, 0.1) is 0 Å². The lowest BCUT2D eigenvalue weighted by atomic mass is 9.94. The highest BCUT2D eigenvalue weighted by atomic mass is 16.1. The lowest BCUT2D eigenvalue weighted by Crippen LogP contribution is -2.01. The van der Waals surface area contributed by atoms with Gasteiger partial charge in [-0.3, -0.25) is 4.79 Å². The molecule has 0 fully saturated rings. The van der Waals surface area contributed by atoms with Crippen molar-refractivity contribution in [2.75, 3.05) is 0 Å². The topological polar surface area (TPSA) is 17.1 Å². The highest BCUT2D eigenvalue weighted by Crippen LogP contribution is 2.18. The molecule has 0 atom stereocenters. The second kappa shape index (κ2) is 9.13. The van der Waals surface area contributed by atoms with Crippen LogP contribution in [-0.4, -0.2) is 5.78 Å². The first kappa shape index (κ1) is 17.2. The molecule has 0 aliphatic rings. The van der Waals surface area contributed by atoms with Crippen molar-refractivity contribution in [3.63, 3.8) is 0 Å². The Bertz CT molecular complexity index is 276. The van der Waals surface area contributed by atoms with Gasteiger partial charge in [-0.05, 0) is 36.8 Å². The third kappa shape index (κ3) is 6.78. The molecule has 0 N–H and O–H groups in total. The SMILES string of the molecule is CCCC(=CC(=O)C=C(CCC)C(C)C)C(C)C. The largest absolute Gasteiger partial charge is 0.290 e. The van der Waals surface area contributed by atoms with Crippen LogP contribution in [-0.2, 0) is 4.79 Å². The van der Waals surface area contributed by atoms with E-state index in [1.807, 2.05) is 12.2 Å². The van der Waals surface area contributed by atoms with E-state index in [4.69, 9.17) is 0 Å². The number of rotatable bonds is 8. The summed E-state index contributed by atoms with van der Waals surface area (Å²) in [6, 6.07) is 0. The van der Waals surface area contributed by atoms with Crippen LogP contribution in [0, 0.1) is 11.8 Å². The summed E-state index contributed by atoms with van der Waals surface area (Å²) in [7, 11) is 0. The smallest absolute Gasteiger partial charge is 0.178 e. The van der Waals surface area contributed by atoms with E-state index < -0.39 is 0 Å². The Balaban J connectivity index is 4.90. The van der Waals surface area contributed by atoms with Crippen molar-refractivity contribution in [2.24, 2.45) is 11.8 Å². The van der Waals surface area contributed by atoms with Crippen LogP contribution in [0.15, 0.2) is 23.3 Å². The summed E-state index contributed by atoms with van der Waals surface area (Å²) in [5.41, 5.74) is 2.55. The first-order valence-electron chi connectivity index (χ1n) is 7.37. The van der Waals surface area contributed by atoms with Crippen LogP contribution in [0.1, 0.15) is 67.2 Å². The zero-order chi connectivity index (χ0) is 14.1. The number of hydrogen-bond donors (Lipinski definition) is 0. The molecule has 0 aliphatic carbocycles. The highest BCUT2D eigenvalue weighted by Gasteiger charge is 2.07. The summed E-state index contributed by atoms with van der Waals surface area (Å²) in [5.74, 6) is 1.11. The number of carbonyl (C=O) groups is 1. The second-order valence-electron chi connectivity index (χ2n) is 5.65. The first-order chi connectivity index (χ1) is 8.42. The molecule has 0 unspecified atom stereocenters. The van der Waals surface area contributed by atoms with Crippen LogP contribution in [0.3, 0.4) is 0 Å². The molecule has 0 bridgehead atoms. The van der Waals surface area contributed by atoms with Crippen molar-refractivity contribution >= 4 is 5.78 Å². The zero-order valence-corrected chi connectivity index (χ0v) is 13.0. The van der Waals surface area contributed by atoms with Gasteiger partial charge in [0.2, 0.25) is 0 Å². The summed E-state index contributed by atoms with van der Waals surface area (Å²) in [5, 5.41) is 0. The Hall–Kier alpha value is -0.850. The lowest BCUT2D eigenvalue weighted by molar-refractivity contribution is -0.110. The van der Waals surface area contributed by atoms with E-state index in [0.717, 1.165) is 25.7 Å². The van der Waals surface area contributed by atoms with Crippen LogP contribution >= 0.6 is 0 Å². The zero-order valence-electron chi connectivity index (χ0n) is 13.0. The minimum absolute atomic E-state index is 0.171. The normalized spacial score (nSPS) is 13.6. The van der Waals surface area contributed by atoms with E-state index in [1.165, 1.54) is 11.1 Å². The van der Waals surface area contributed by atoms with Gasteiger partial charge in [-0.2, -0.15) is 0 Å². The summed E-state index contributed by atoms with van der Waals surface area (Å²) in [6.45, 7) is 13.0. The fraction of sp³-hybridized carbons (Fsp3) is 0.706. The highest BCUT2D eigenvalue weighted by molar-refractivity contribution is 6.00. The van der Waals surface area contributed by atoms with Crippen molar-refractivity contribution in [1.29, 1.82) is 0 Å². The monoisotopic (exact) mass is 250 g/mol. The van der Waals surface area contributed by atoms with Crippen LogP contribution < -0.4 is 0 Å². The summed E-state index contributed by atoms with van der Waals surface area (Å²) < 4.78 is 0. The van der Waals surface area contributed by atoms with E-state index in [0.29, 0.717) is 11.8 Å². The van der Waals surface area contributed by atoms with Crippen molar-refractivity contribution in [2.45, 2.75) is 67.2 Å². The Morgan fingerprint density at radius 2 is 1.17 bits per heavy atom. The predicted octanol–water partition coefficient (Wildman–Crippen LogP) is 5.32. The van der Waals surface area contributed by atoms with Gasteiger partial charge in [0, 0.05) is 0 Å². The quantitative estimate of drug-likeness (QED) is 0.533. The number of ketones is 1. The van der Waals surface area contributed by atoms with E-state index in [2.05, 4.69) is 41.5 Å². The average Bonchev–Trinajstić information content (AvgIpc) is 2.27. The molecule has 0 amide bonds. The molecule has 0 aromatic carbocycles. The average molecular weight is 250 g/mol. The van der Waals surface area contributed by atoms with Crippen LogP contribution in [0.25, 0.3) is 0 Å². The Morgan fingerprint density at radius 3 is 1.39 bits per heavy atom. The predicted molar refractivity (Wildman–Crippen MR) is 80.7 cm³/mol. The molecule has 0 rings (SSSR count). The van der Waals surface area contributed by atoms with Crippen LogP contribution in [0.2, 0.25) is 0 Å². The third-order valence-corrected chi connectivity index (χ3v) is 3.22. The van der Waals surface area contributed by atoms with Gasteiger partial charge in [-0.25, -0.2) is 0 Å². The minimum atomic E-state index is 0.171. The van der Waals surface area contributed by atoms with Crippen molar-refractivity contribution in [3.8, 4) is 0 Å². The minimum Gasteiger partial charge on any atom is -0.290 e. The summed E-state index contributed by atoms with van der Waals surface area (Å²) >= 11 is 0. The van der Waals surface area contributed by atoms with Gasteiger partial charge < -0.3 is 0 Å². The molecule has 1 nitrogen and oxygen atoms in total. The summed E-state index contributed by atoms with van der Waals surface area (Å²) in [4.78, 5) is 12.1. The van der Waals surface area contributed by atoms with Gasteiger partial charge in [0.1, 0.15) is 0 Å². The Morgan fingerprint density at radius 1 is 0.833 bits per heavy atom. The standard InChI is InChI=1S/C17H30O/c1-7-9-15(13(3)4)11-17(18)12-16(10-8-2)14(5)6/h11-14H,7-10H2,1-6H3. The fourth-order valence-electron chi connectivity index (χ4n) is 2.04. The lowest BCUT2D eigenvalue weighted by Gasteiger charge is -2.11. The maximum Gasteiger partial charge on any atom is 0.178 e. The molecule has 0 aromatic heterocycles. The molecular formula is C17H30O. The van der Waals surface area contributed by atoms with Gasteiger partial charge in [-0.15, -0.1) is 0 Å². The Kier molecular flexibility index (Phi) is 8.70. The summed E-state index contributed by atoms with van der Waals surface area (Å²) in [6.07, 6.45) is 7.97. The van der Waals surface area contributed by atoms with E-state index in [9.17, 15) is 4.79 Å². The molecule has 0 saturated heterocycles. The van der Waals surface area contributed by atoms with Crippen LogP contribution in [0.5, 0.6) is 0 Å². The van der Waals surface area contributed by atoms with Gasteiger partial charge in [-0.1, -0.05) is 65.5 Å². The maximum absolute atomic E-state index is 12.1. The molecule has 18 heavy (non-hydrogen) atoms. The molecular weight excluding hydrogens is 220 g/mol. The van der Waals surface area contributed by atoms with Gasteiger partial charge >= 0.3 is 0 Å². The van der Waals surface area contributed by atoms with E-state index in [1.54, 1.807) is 0 Å². The number of allylic oxidation sites excluding steroid dienone is 4. The third-order valence-electron chi connectivity index (χ3n) is 3.22. The van der Waals surface area contributed by atoms with E-state index in [-0.39, 0.29) is 5.78 Å². The van der Waals surface area contributed by atoms with Crippen molar-refractivity contribution in [3.05, 3.63) is 23.3 Å². The van der Waals surface area contributed by atoms with Gasteiger partial charge in [0.25, 0.3) is 0 Å². The number of hydrogen-bond acceptors (Lipinski definition) is 1. The maximum atomic E-state index is 12.1. The molecule has 0 spiro atoms. The second-order valence-corrected chi connectivity index (χ2v) is 5.65. The molecule has 0 radical (unpaired) electrons. The van der Waals surface area contributed by atoms with Crippen molar-refractivity contribution < 1.29 is 4.79 Å². The Labute approximate surface area is 113 Å². The van der Waals surface area contributed by atoms with E-state index >= 15 is 0 Å². The molecule has 0 aliphatic heterocycles.